The van der Waals surface area contributed by atoms with Gasteiger partial charge in [0.1, 0.15) is 4.99 Å². The second-order valence-corrected chi connectivity index (χ2v) is 5.25. The molecule has 1 aromatic rings. The number of thiocarbonyl (C=S) groups is 1. The van der Waals surface area contributed by atoms with E-state index in [9.17, 15) is 0 Å². The van der Waals surface area contributed by atoms with E-state index in [-0.39, 0.29) is 0 Å². The standard InChI is InChI=1S/C13H21N3S/c1-9(2)10(3)16(4)8-11-5-6-15-12(7-11)13(14)17/h5-7,9-10H,8H2,1-4H3,(H2,14,17). The van der Waals surface area contributed by atoms with Gasteiger partial charge in [0.2, 0.25) is 0 Å². The number of hydrogen-bond donors (Lipinski definition) is 1. The van der Waals surface area contributed by atoms with Gasteiger partial charge in [-0.05, 0) is 37.6 Å². The van der Waals surface area contributed by atoms with Gasteiger partial charge in [0, 0.05) is 18.8 Å². The number of nitrogens with two attached hydrogens (primary N) is 1. The Kier molecular flexibility index (Phi) is 5.02. The maximum absolute atomic E-state index is 5.58. The third-order valence-electron chi connectivity index (χ3n) is 3.17. The van der Waals surface area contributed by atoms with Gasteiger partial charge in [0.25, 0.3) is 0 Å². The summed E-state index contributed by atoms with van der Waals surface area (Å²) in [5, 5.41) is 0. The van der Waals surface area contributed by atoms with Gasteiger partial charge in [0.05, 0.1) is 5.69 Å². The molecule has 1 heterocycles. The molecule has 0 bridgehead atoms. The third kappa shape index (κ3) is 4.06. The molecule has 1 rings (SSSR count). The Bertz CT molecular complexity index is 390. The monoisotopic (exact) mass is 251 g/mol. The summed E-state index contributed by atoms with van der Waals surface area (Å²) in [6.07, 6.45) is 1.76. The molecule has 0 saturated heterocycles. The molecule has 1 atom stereocenters. The van der Waals surface area contributed by atoms with Crippen molar-refractivity contribution in [2.75, 3.05) is 7.05 Å². The second-order valence-electron chi connectivity index (χ2n) is 4.81. The zero-order valence-corrected chi connectivity index (χ0v) is 11.8. The molecule has 0 spiro atoms. The molecule has 0 fully saturated rings. The van der Waals surface area contributed by atoms with Crippen molar-refractivity contribution in [2.24, 2.45) is 11.7 Å². The van der Waals surface area contributed by atoms with Crippen molar-refractivity contribution >= 4 is 17.2 Å². The molecule has 1 aromatic heterocycles. The van der Waals surface area contributed by atoms with E-state index in [1.54, 1.807) is 6.20 Å². The summed E-state index contributed by atoms with van der Waals surface area (Å²) in [6.45, 7) is 7.58. The molecule has 1 unspecified atom stereocenters. The molecular weight excluding hydrogens is 230 g/mol. The van der Waals surface area contributed by atoms with E-state index in [2.05, 4.69) is 37.7 Å². The number of hydrogen-bond acceptors (Lipinski definition) is 3. The number of rotatable bonds is 5. The highest BCUT2D eigenvalue weighted by molar-refractivity contribution is 7.80. The van der Waals surface area contributed by atoms with Crippen LogP contribution >= 0.6 is 12.2 Å². The maximum Gasteiger partial charge on any atom is 0.122 e. The van der Waals surface area contributed by atoms with E-state index in [4.69, 9.17) is 18.0 Å². The van der Waals surface area contributed by atoms with E-state index >= 15 is 0 Å². The first kappa shape index (κ1) is 14.1. The van der Waals surface area contributed by atoms with Gasteiger partial charge in [-0.1, -0.05) is 26.1 Å². The SMILES string of the molecule is CC(C)C(C)N(C)Cc1ccnc(C(N)=S)c1. The topological polar surface area (TPSA) is 42.2 Å². The van der Waals surface area contributed by atoms with Gasteiger partial charge in [-0.15, -0.1) is 0 Å². The van der Waals surface area contributed by atoms with Crippen LogP contribution in [0.25, 0.3) is 0 Å². The summed E-state index contributed by atoms with van der Waals surface area (Å²) in [7, 11) is 2.13. The highest BCUT2D eigenvalue weighted by Crippen LogP contribution is 2.12. The molecule has 4 heteroatoms. The fourth-order valence-electron chi connectivity index (χ4n) is 1.65. The Hall–Kier alpha value is -1.00. The van der Waals surface area contributed by atoms with Crippen LogP contribution in [0.15, 0.2) is 18.3 Å². The Balaban J connectivity index is 2.74. The van der Waals surface area contributed by atoms with Crippen LogP contribution in [0.3, 0.4) is 0 Å². The lowest BCUT2D eigenvalue weighted by Crippen LogP contribution is -2.32. The van der Waals surface area contributed by atoms with E-state index in [0.717, 1.165) is 6.54 Å². The minimum absolute atomic E-state index is 0.353. The largest absolute Gasteiger partial charge is 0.388 e. The normalized spacial score (nSPS) is 13.1. The summed E-state index contributed by atoms with van der Waals surface area (Å²) in [6, 6.07) is 4.51. The van der Waals surface area contributed by atoms with Gasteiger partial charge in [-0.3, -0.25) is 9.88 Å². The van der Waals surface area contributed by atoms with E-state index < -0.39 is 0 Å². The molecule has 0 aliphatic carbocycles. The van der Waals surface area contributed by atoms with Crippen LogP contribution in [-0.2, 0) is 6.54 Å². The maximum atomic E-state index is 5.58. The highest BCUT2D eigenvalue weighted by atomic mass is 32.1. The van der Waals surface area contributed by atoms with Gasteiger partial charge in [-0.2, -0.15) is 0 Å². The van der Waals surface area contributed by atoms with Gasteiger partial charge < -0.3 is 5.73 Å². The minimum Gasteiger partial charge on any atom is -0.388 e. The van der Waals surface area contributed by atoms with E-state index in [0.29, 0.717) is 22.6 Å². The van der Waals surface area contributed by atoms with Crippen molar-refractivity contribution < 1.29 is 0 Å². The molecule has 0 saturated carbocycles. The average Bonchev–Trinajstić information content (AvgIpc) is 2.28. The van der Waals surface area contributed by atoms with Crippen LogP contribution in [0, 0.1) is 5.92 Å². The van der Waals surface area contributed by atoms with Crippen LogP contribution in [0.2, 0.25) is 0 Å². The summed E-state index contributed by atoms with van der Waals surface area (Å²) >= 11 is 4.93. The molecule has 0 aliphatic heterocycles. The molecule has 3 nitrogen and oxygen atoms in total. The van der Waals surface area contributed by atoms with Gasteiger partial charge >= 0.3 is 0 Å². The quantitative estimate of drug-likeness (QED) is 0.815. The number of aromatic nitrogens is 1. The molecule has 17 heavy (non-hydrogen) atoms. The van der Waals surface area contributed by atoms with E-state index in [1.165, 1.54) is 5.56 Å². The first-order valence-electron chi connectivity index (χ1n) is 5.86. The lowest BCUT2D eigenvalue weighted by atomic mass is 10.0. The summed E-state index contributed by atoms with van der Waals surface area (Å²) in [5.41, 5.74) is 7.47. The molecular formula is C13H21N3S. The van der Waals surface area contributed by atoms with Crippen molar-refractivity contribution in [1.82, 2.24) is 9.88 Å². The minimum atomic E-state index is 0.353. The Morgan fingerprint density at radius 3 is 2.65 bits per heavy atom. The van der Waals surface area contributed by atoms with E-state index in [1.807, 2.05) is 12.1 Å². The van der Waals surface area contributed by atoms with Crippen molar-refractivity contribution in [3.8, 4) is 0 Å². The van der Waals surface area contributed by atoms with Crippen LogP contribution in [0.1, 0.15) is 32.0 Å². The van der Waals surface area contributed by atoms with Crippen molar-refractivity contribution in [3.63, 3.8) is 0 Å². The zero-order chi connectivity index (χ0) is 13.0. The molecule has 0 amide bonds. The molecule has 0 radical (unpaired) electrons. The Labute approximate surface area is 109 Å². The van der Waals surface area contributed by atoms with Crippen molar-refractivity contribution in [2.45, 2.75) is 33.4 Å². The molecule has 94 valence electrons. The highest BCUT2D eigenvalue weighted by Gasteiger charge is 2.13. The predicted octanol–water partition coefficient (Wildman–Crippen LogP) is 2.19. The summed E-state index contributed by atoms with van der Waals surface area (Å²) < 4.78 is 0. The summed E-state index contributed by atoms with van der Waals surface area (Å²) in [4.78, 5) is 6.82. The fraction of sp³-hybridized carbons (Fsp3) is 0.538. The molecule has 0 aromatic carbocycles. The first-order chi connectivity index (χ1) is 7.91. The lowest BCUT2D eigenvalue weighted by molar-refractivity contribution is 0.200. The van der Waals surface area contributed by atoms with Crippen LogP contribution in [0.4, 0.5) is 0 Å². The summed E-state index contributed by atoms with van der Waals surface area (Å²) in [5.74, 6) is 0.636. The first-order valence-corrected chi connectivity index (χ1v) is 6.27. The van der Waals surface area contributed by atoms with Crippen LogP contribution in [-0.4, -0.2) is 28.0 Å². The average molecular weight is 251 g/mol. The second kappa shape index (κ2) is 6.07. The zero-order valence-electron chi connectivity index (χ0n) is 11.0. The number of pyridine rings is 1. The van der Waals surface area contributed by atoms with Crippen molar-refractivity contribution in [1.29, 1.82) is 0 Å². The third-order valence-corrected chi connectivity index (χ3v) is 3.38. The molecule has 2 N–H and O–H groups in total. The Morgan fingerprint density at radius 1 is 1.47 bits per heavy atom. The van der Waals surface area contributed by atoms with Gasteiger partial charge in [0.15, 0.2) is 0 Å². The fourth-order valence-corrected chi connectivity index (χ4v) is 1.76. The smallest absolute Gasteiger partial charge is 0.122 e. The lowest BCUT2D eigenvalue weighted by Gasteiger charge is -2.27. The van der Waals surface area contributed by atoms with Crippen molar-refractivity contribution in [3.05, 3.63) is 29.6 Å². The Morgan fingerprint density at radius 2 is 2.12 bits per heavy atom. The predicted molar refractivity (Wildman–Crippen MR) is 75.9 cm³/mol. The van der Waals surface area contributed by atoms with Gasteiger partial charge in [-0.25, -0.2) is 0 Å². The number of nitrogens with zero attached hydrogens (tertiary/aromatic N) is 2. The molecule has 0 aliphatic rings. The van der Waals surface area contributed by atoms with Crippen LogP contribution in [0.5, 0.6) is 0 Å². The van der Waals surface area contributed by atoms with Crippen LogP contribution < -0.4 is 5.73 Å².